The van der Waals surface area contributed by atoms with Crippen LogP contribution in [0, 0.1) is 0 Å². The Morgan fingerprint density at radius 2 is 2.55 bits per heavy atom. The molecule has 0 amide bonds. The van der Waals surface area contributed by atoms with Gasteiger partial charge in [-0.25, -0.2) is 4.98 Å². The molecule has 1 heterocycles. The highest BCUT2D eigenvalue weighted by Gasteiger charge is 1.97. The summed E-state index contributed by atoms with van der Waals surface area (Å²) in [6.45, 7) is 0.676. The van der Waals surface area contributed by atoms with Crippen LogP contribution in [0.25, 0.3) is 0 Å². The molecule has 1 aromatic rings. The zero-order valence-corrected chi connectivity index (χ0v) is 7.17. The molecule has 4 nitrogen and oxygen atoms in total. The molecule has 0 aliphatic heterocycles. The summed E-state index contributed by atoms with van der Waals surface area (Å²) in [5.41, 5.74) is 5.48. The number of nitrogens with zero attached hydrogens (tertiary/aromatic N) is 2. The third kappa shape index (κ3) is 2.34. The Hall–Kier alpha value is -0.840. The van der Waals surface area contributed by atoms with E-state index in [-0.39, 0.29) is 0 Å². The van der Waals surface area contributed by atoms with E-state index in [9.17, 15) is 4.21 Å². The molecule has 0 radical (unpaired) electrons. The van der Waals surface area contributed by atoms with Crippen molar-refractivity contribution in [2.24, 2.45) is 0 Å². The number of aryl methyl sites for hydroxylation is 1. The molecule has 0 fully saturated rings. The van der Waals surface area contributed by atoms with Crippen LogP contribution in [0.2, 0.25) is 0 Å². The van der Waals surface area contributed by atoms with Crippen molar-refractivity contribution in [2.75, 3.05) is 17.7 Å². The van der Waals surface area contributed by atoms with Gasteiger partial charge in [-0.3, -0.25) is 4.21 Å². The molecule has 1 unspecified atom stereocenters. The van der Waals surface area contributed by atoms with E-state index in [0.717, 1.165) is 0 Å². The van der Waals surface area contributed by atoms with Crippen molar-refractivity contribution in [1.29, 1.82) is 0 Å². The Labute approximate surface area is 67.9 Å². The number of aromatic nitrogens is 2. The van der Waals surface area contributed by atoms with Crippen molar-refractivity contribution < 1.29 is 4.21 Å². The molecule has 62 valence electrons. The summed E-state index contributed by atoms with van der Waals surface area (Å²) in [6.07, 6.45) is 5.09. The summed E-state index contributed by atoms with van der Waals surface area (Å²) in [5, 5.41) is 0. The number of nitrogens with two attached hydrogens (primary N) is 1. The zero-order chi connectivity index (χ0) is 8.27. The highest BCUT2D eigenvalue weighted by molar-refractivity contribution is 7.84. The summed E-state index contributed by atoms with van der Waals surface area (Å²) in [6, 6.07) is 0. The Kier molecular flexibility index (Phi) is 2.64. The lowest BCUT2D eigenvalue weighted by Gasteiger charge is -2.00. The number of anilines is 1. The van der Waals surface area contributed by atoms with Gasteiger partial charge in [-0.15, -0.1) is 0 Å². The van der Waals surface area contributed by atoms with Gasteiger partial charge in [0.15, 0.2) is 5.95 Å². The predicted molar refractivity (Wildman–Crippen MR) is 45.6 cm³/mol. The highest BCUT2D eigenvalue weighted by atomic mass is 32.2. The van der Waals surface area contributed by atoms with Crippen LogP contribution in [0.3, 0.4) is 0 Å². The summed E-state index contributed by atoms with van der Waals surface area (Å²) in [4.78, 5) is 3.84. The average molecular weight is 173 g/mol. The first kappa shape index (κ1) is 8.26. The minimum Gasteiger partial charge on any atom is -0.369 e. The molecule has 0 saturated carbocycles. The summed E-state index contributed by atoms with van der Waals surface area (Å²) < 4.78 is 12.5. The second-order valence-electron chi connectivity index (χ2n) is 2.26. The number of hydrogen-bond donors (Lipinski definition) is 1. The van der Waals surface area contributed by atoms with E-state index < -0.39 is 10.8 Å². The molecule has 1 atom stereocenters. The van der Waals surface area contributed by atoms with Crippen molar-refractivity contribution in [3.63, 3.8) is 0 Å². The maximum atomic E-state index is 10.7. The van der Waals surface area contributed by atoms with Gasteiger partial charge in [0.25, 0.3) is 0 Å². The van der Waals surface area contributed by atoms with Crippen LogP contribution in [-0.2, 0) is 17.3 Å². The molecule has 11 heavy (non-hydrogen) atoms. The van der Waals surface area contributed by atoms with Crippen LogP contribution in [0.15, 0.2) is 12.4 Å². The van der Waals surface area contributed by atoms with Gasteiger partial charge >= 0.3 is 0 Å². The fourth-order valence-corrected chi connectivity index (χ4v) is 1.21. The molecule has 0 bridgehead atoms. The smallest absolute Gasteiger partial charge is 0.200 e. The lowest BCUT2D eigenvalue weighted by atomic mass is 10.7. The van der Waals surface area contributed by atoms with E-state index in [2.05, 4.69) is 4.98 Å². The monoisotopic (exact) mass is 173 g/mol. The first-order valence-corrected chi connectivity index (χ1v) is 4.99. The van der Waals surface area contributed by atoms with E-state index in [0.29, 0.717) is 18.2 Å². The summed E-state index contributed by atoms with van der Waals surface area (Å²) in [5.74, 6) is 1.11. The maximum Gasteiger partial charge on any atom is 0.200 e. The highest BCUT2D eigenvalue weighted by Crippen LogP contribution is 1.97. The van der Waals surface area contributed by atoms with Crippen LogP contribution >= 0.6 is 0 Å². The first-order valence-electron chi connectivity index (χ1n) is 3.27. The summed E-state index contributed by atoms with van der Waals surface area (Å²) in [7, 11) is -0.763. The minimum absolute atomic E-state index is 0.482. The van der Waals surface area contributed by atoms with Gasteiger partial charge in [-0.05, 0) is 0 Å². The normalized spacial score (nSPS) is 13.2. The second kappa shape index (κ2) is 3.52. The third-order valence-electron chi connectivity index (χ3n) is 1.37. The fraction of sp³-hybridized carbons (Fsp3) is 0.500. The first-order chi connectivity index (χ1) is 5.20. The maximum absolute atomic E-state index is 10.7. The van der Waals surface area contributed by atoms with E-state index in [1.54, 1.807) is 23.2 Å². The van der Waals surface area contributed by atoms with Crippen LogP contribution in [0.5, 0.6) is 0 Å². The van der Waals surface area contributed by atoms with E-state index in [1.807, 2.05) is 0 Å². The van der Waals surface area contributed by atoms with E-state index in [4.69, 9.17) is 5.73 Å². The molecular weight excluding hydrogens is 162 g/mol. The Morgan fingerprint density at radius 1 is 1.82 bits per heavy atom. The number of rotatable bonds is 3. The van der Waals surface area contributed by atoms with Crippen molar-refractivity contribution in [2.45, 2.75) is 6.54 Å². The van der Waals surface area contributed by atoms with Gasteiger partial charge in [0.2, 0.25) is 0 Å². The lowest BCUT2D eigenvalue weighted by Crippen LogP contribution is -2.08. The molecule has 0 saturated heterocycles. The van der Waals surface area contributed by atoms with Crippen LogP contribution in [0.1, 0.15) is 0 Å². The molecule has 1 rings (SSSR count). The van der Waals surface area contributed by atoms with Crippen molar-refractivity contribution in [3.8, 4) is 0 Å². The quantitative estimate of drug-likeness (QED) is 0.691. The number of imidazole rings is 1. The molecule has 5 heteroatoms. The largest absolute Gasteiger partial charge is 0.369 e. The molecule has 2 N–H and O–H groups in total. The summed E-state index contributed by atoms with van der Waals surface area (Å²) >= 11 is 0. The lowest BCUT2D eigenvalue weighted by molar-refractivity contribution is 0.678. The molecular formula is C6H11N3OS. The molecule has 0 aromatic carbocycles. The SMILES string of the molecule is CS(=O)CCn1ccnc1N. The van der Waals surface area contributed by atoms with E-state index in [1.165, 1.54) is 0 Å². The average Bonchev–Trinajstić information content (AvgIpc) is 2.31. The molecule has 0 aliphatic carbocycles. The Morgan fingerprint density at radius 3 is 3.00 bits per heavy atom. The molecule has 0 aliphatic rings. The van der Waals surface area contributed by atoms with Crippen LogP contribution in [0.4, 0.5) is 5.95 Å². The second-order valence-corrected chi connectivity index (χ2v) is 3.81. The van der Waals surface area contributed by atoms with Crippen LogP contribution < -0.4 is 5.73 Å². The Bertz CT molecular complexity index is 258. The van der Waals surface area contributed by atoms with Crippen molar-refractivity contribution >= 4 is 16.7 Å². The zero-order valence-electron chi connectivity index (χ0n) is 6.36. The standard InChI is InChI=1S/C6H11N3OS/c1-11(10)5-4-9-3-2-8-6(9)7/h2-3H,4-5H2,1H3,(H2,7,8). The third-order valence-corrected chi connectivity index (χ3v) is 2.12. The Balaban J connectivity index is 2.51. The van der Waals surface area contributed by atoms with Gasteiger partial charge in [0.05, 0.1) is 0 Å². The van der Waals surface area contributed by atoms with Gasteiger partial charge in [-0.1, -0.05) is 0 Å². The minimum atomic E-state index is -0.763. The van der Waals surface area contributed by atoms with E-state index >= 15 is 0 Å². The topological polar surface area (TPSA) is 60.9 Å². The molecule has 0 spiro atoms. The van der Waals surface area contributed by atoms with Crippen LogP contribution in [-0.4, -0.2) is 25.8 Å². The van der Waals surface area contributed by atoms with Gasteiger partial charge in [0, 0.05) is 41.7 Å². The van der Waals surface area contributed by atoms with Gasteiger partial charge in [0.1, 0.15) is 0 Å². The fourth-order valence-electron chi connectivity index (χ4n) is 0.757. The number of hydrogen-bond acceptors (Lipinski definition) is 3. The molecule has 1 aromatic heterocycles. The van der Waals surface area contributed by atoms with Gasteiger partial charge < -0.3 is 10.3 Å². The van der Waals surface area contributed by atoms with Crippen molar-refractivity contribution in [3.05, 3.63) is 12.4 Å². The van der Waals surface area contributed by atoms with Gasteiger partial charge in [-0.2, -0.15) is 0 Å². The predicted octanol–water partition coefficient (Wildman–Crippen LogP) is -0.156. The number of nitrogen functional groups attached to an aromatic ring is 1. The van der Waals surface area contributed by atoms with Crippen molar-refractivity contribution in [1.82, 2.24) is 9.55 Å².